The lowest BCUT2D eigenvalue weighted by atomic mass is 10.1. The molecule has 1 heterocycles. The minimum atomic E-state index is -5.46. The van der Waals surface area contributed by atoms with Crippen LogP contribution in [0, 0.1) is 6.08 Å². The van der Waals surface area contributed by atoms with Gasteiger partial charge < -0.3 is 21.1 Å². The van der Waals surface area contributed by atoms with Crippen molar-refractivity contribution in [2.75, 3.05) is 21.7 Å². The molecule has 4 aromatic carbocycles. The molecule has 0 bridgehead atoms. The molecule has 0 unspecified atom stereocenters. The second-order valence-corrected chi connectivity index (χ2v) is 20.5. The smallest absolute Gasteiger partial charge is 0.315 e. The summed E-state index contributed by atoms with van der Waals surface area (Å²) in [6.45, 7) is 6.40. The number of benzene rings is 4. The molecule has 0 aliphatic carbocycles. The minimum absolute atomic E-state index is 0.0237. The monoisotopic (exact) mass is 956 g/mol. The maximum absolute atomic E-state index is 14.8. The number of amides is 1. The first kappa shape index (κ1) is 46.7. The number of hydrogen-bond donors (Lipinski definition) is 7. The molecule has 7 N–H and O–H groups in total. The maximum atomic E-state index is 14.8. The molecule has 0 aliphatic rings. The van der Waals surface area contributed by atoms with Gasteiger partial charge in [0.2, 0.25) is 17.8 Å². The predicted molar refractivity (Wildman–Crippen MR) is 218 cm³/mol. The molecular formula is C33H29FN8O15S5. The molecule has 62 heavy (non-hydrogen) atoms. The van der Waals surface area contributed by atoms with Crippen LogP contribution in [0.15, 0.2) is 114 Å². The van der Waals surface area contributed by atoms with Gasteiger partial charge in [0, 0.05) is 34.0 Å². The van der Waals surface area contributed by atoms with Crippen molar-refractivity contribution >= 4 is 107 Å². The zero-order chi connectivity index (χ0) is 46.0. The first-order valence-corrected chi connectivity index (χ1v) is 24.2. The Kier molecular flexibility index (Phi) is 13.2. The average Bonchev–Trinajstić information content (AvgIpc) is 3.16. The van der Waals surface area contributed by atoms with Crippen molar-refractivity contribution in [1.29, 1.82) is 0 Å². The standard InChI is InChI=1S/C33H29FN8O15S5/c1-3-58(45,46)12-6-9-27(43)35-20-10-11-25(61(52,53)54)23(16-20)41-42-29-26(62(55,56)57)14-18-13-22(60(49,50)51)17-24(28(18)30(29)44)37-33-39-31(34)38-32(40-33)36-19-7-5-8-21(15-19)59(47,48)4-2/h3-5,7-8,10-11,13-17,44H,1-2,6,9,12H2,(H,35,43)(H,49,50,51)(H,52,53,54)(H,55,56,57)(H2,36,37,38,39,40)/b42-41+. The Morgan fingerprint density at radius 2 is 1.39 bits per heavy atom. The molecule has 0 saturated carbocycles. The van der Waals surface area contributed by atoms with Gasteiger partial charge in [-0.25, -0.2) is 16.8 Å². The summed E-state index contributed by atoms with van der Waals surface area (Å²) in [7, 11) is -23.3. The molecule has 328 valence electrons. The Balaban J connectivity index is 1.63. The summed E-state index contributed by atoms with van der Waals surface area (Å²) < 4.78 is 167. The SMILES string of the molecule is C=CS(=O)(=O)CCCC(=O)Nc1ccc(S(=O)(=O)O)c(/N=N/c2c(S(=O)(=O)O)cc3cc(S(=O)(=O)O)cc(Nc4nc(F)nc(Nc5cccc(S(=O)(=O)C=C)c5)n4)c3c2O)c1. The fourth-order valence-electron chi connectivity index (χ4n) is 5.30. The Bertz CT molecular complexity index is 3300. The third-order valence-corrected chi connectivity index (χ3v) is 13.4. The summed E-state index contributed by atoms with van der Waals surface area (Å²) >= 11 is 0. The lowest BCUT2D eigenvalue weighted by Gasteiger charge is -2.15. The van der Waals surface area contributed by atoms with Crippen LogP contribution < -0.4 is 16.0 Å². The van der Waals surface area contributed by atoms with E-state index in [0.717, 1.165) is 24.3 Å². The van der Waals surface area contributed by atoms with Gasteiger partial charge in [-0.15, -0.1) is 10.2 Å². The highest BCUT2D eigenvalue weighted by Gasteiger charge is 2.27. The molecule has 0 radical (unpaired) electrons. The number of phenolic OH excluding ortho intramolecular Hbond substituents is 1. The number of aromatic nitrogens is 3. The number of halogens is 1. The van der Waals surface area contributed by atoms with E-state index < -0.39 is 128 Å². The van der Waals surface area contributed by atoms with Gasteiger partial charge in [0.25, 0.3) is 30.4 Å². The molecule has 0 saturated heterocycles. The number of sulfone groups is 2. The Morgan fingerprint density at radius 3 is 2.00 bits per heavy atom. The van der Waals surface area contributed by atoms with Crippen LogP contribution in [-0.4, -0.2) is 87.5 Å². The van der Waals surface area contributed by atoms with E-state index in [1.165, 1.54) is 18.2 Å². The number of anilines is 5. The molecule has 23 nitrogen and oxygen atoms in total. The number of carbonyl (C=O) groups excluding carboxylic acids is 1. The van der Waals surface area contributed by atoms with Gasteiger partial charge >= 0.3 is 6.08 Å². The van der Waals surface area contributed by atoms with Crippen molar-refractivity contribution in [1.82, 2.24) is 15.0 Å². The van der Waals surface area contributed by atoms with Crippen LogP contribution in [0.3, 0.4) is 0 Å². The number of carbonyl (C=O) groups is 1. The summed E-state index contributed by atoms with van der Waals surface area (Å²) in [6.07, 6.45) is -1.96. The van der Waals surface area contributed by atoms with E-state index in [1.807, 2.05) is 0 Å². The van der Waals surface area contributed by atoms with E-state index in [-0.39, 0.29) is 29.1 Å². The highest BCUT2D eigenvalue weighted by Crippen LogP contribution is 2.46. The topological polar surface area (TPSA) is 368 Å². The number of phenols is 1. The van der Waals surface area contributed by atoms with Gasteiger partial charge in [-0.2, -0.15) is 44.6 Å². The number of nitrogens with zero attached hydrogens (tertiary/aromatic N) is 5. The van der Waals surface area contributed by atoms with Crippen molar-refractivity contribution in [3.8, 4) is 5.75 Å². The quantitative estimate of drug-likeness (QED) is 0.0490. The molecule has 1 aromatic heterocycles. The Morgan fingerprint density at radius 1 is 0.726 bits per heavy atom. The maximum Gasteiger partial charge on any atom is 0.315 e. The van der Waals surface area contributed by atoms with Crippen LogP contribution in [0.1, 0.15) is 12.8 Å². The highest BCUT2D eigenvalue weighted by molar-refractivity contribution is 7.94. The minimum Gasteiger partial charge on any atom is -0.505 e. The second kappa shape index (κ2) is 17.6. The van der Waals surface area contributed by atoms with Crippen molar-refractivity contribution in [3.05, 3.63) is 90.7 Å². The molecule has 5 aromatic rings. The normalized spacial score (nSPS) is 12.6. The van der Waals surface area contributed by atoms with Crippen molar-refractivity contribution < 1.29 is 70.0 Å². The number of rotatable bonds is 17. The van der Waals surface area contributed by atoms with Gasteiger partial charge in [-0.05, 0) is 66.4 Å². The Labute approximate surface area is 351 Å². The summed E-state index contributed by atoms with van der Waals surface area (Å²) in [4.78, 5) is 19.9. The van der Waals surface area contributed by atoms with Crippen molar-refractivity contribution in [2.45, 2.75) is 32.4 Å². The van der Waals surface area contributed by atoms with Gasteiger partial charge in [-0.3, -0.25) is 18.5 Å². The van der Waals surface area contributed by atoms with Crippen LogP contribution in [0.25, 0.3) is 10.8 Å². The van der Waals surface area contributed by atoms with E-state index in [4.69, 9.17) is 0 Å². The lowest BCUT2D eigenvalue weighted by Crippen LogP contribution is -2.13. The largest absolute Gasteiger partial charge is 0.505 e. The third kappa shape index (κ3) is 11.3. The fraction of sp³-hybridized carbons (Fsp3) is 0.0909. The second-order valence-electron chi connectivity index (χ2n) is 12.4. The molecule has 0 spiro atoms. The number of nitrogens with one attached hydrogen (secondary N) is 3. The van der Waals surface area contributed by atoms with Gasteiger partial charge in [0.15, 0.2) is 25.4 Å². The van der Waals surface area contributed by atoms with Gasteiger partial charge in [0.05, 0.1) is 21.2 Å². The molecule has 0 fully saturated rings. The van der Waals surface area contributed by atoms with E-state index >= 15 is 0 Å². The Hall–Kier alpha value is -6.34. The average molecular weight is 957 g/mol. The number of aromatic hydroxyl groups is 1. The summed E-state index contributed by atoms with van der Waals surface area (Å²) in [5.41, 5.74) is -2.74. The van der Waals surface area contributed by atoms with Crippen LogP contribution in [-0.2, 0) is 54.8 Å². The molecular weight excluding hydrogens is 928 g/mol. The zero-order valence-corrected chi connectivity index (χ0v) is 35.0. The van der Waals surface area contributed by atoms with Crippen molar-refractivity contribution in [2.24, 2.45) is 10.2 Å². The van der Waals surface area contributed by atoms with Crippen molar-refractivity contribution in [3.63, 3.8) is 0 Å². The number of hydrogen-bond acceptors (Lipinski definition) is 19. The van der Waals surface area contributed by atoms with Crippen LogP contribution in [0.2, 0.25) is 0 Å². The summed E-state index contributed by atoms with van der Waals surface area (Å²) in [5, 5.41) is 26.3. The molecule has 29 heteroatoms. The van der Waals surface area contributed by atoms with Crippen LogP contribution in [0.5, 0.6) is 5.75 Å². The van der Waals surface area contributed by atoms with E-state index in [0.29, 0.717) is 29.0 Å². The zero-order valence-electron chi connectivity index (χ0n) is 30.9. The molecule has 0 aliphatic heterocycles. The first-order chi connectivity index (χ1) is 28.7. The molecule has 5 rings (SSSR count). The van der Waals surface area contributed by atoms with E-state index in [1.54, 1.807) is 0 Å². The highest BCUT2D eigenvalue weighted by atomic mass is 32.2. The van der Waals surface area contributed by atoms with Crippen LogP contribution >= 0.6 is 0 Å². The molecule has 0 atom stereocenters. The lowest BCUT2D eigenvalue weighted by molar-refractivity contribution is -0.116. The third-order valence-electron chi connectivity index (χ3n) is 8.06. The van der Waals surface area contributed by atoms with Crippen LogP contribution in [0.4, 0.5) is 44.7 Å². The first-order valence-electron chi connectivity index (χ1n) is 16.6. The predicted octanol–water partition coefficient (Wildman–Crippen LogP) is 4.71. The van der Waals surface area contributed by atoms with Gasteiger partial charge in [0.1, 0.15) is 21.2 Å². The fourth-order valence-corrected chi connectivity index (χ4v) is 8.56. The molecule has 1 amide bonds. The van der Waals surface area contributed by atoms with Gasteiger partial charge in [-0.1, -0.05) is 19.2 Å². The van der Waals surface area contributed by atoms with E-state index in [9.17, 15) is 70.0 Å². The van der Waals surface area contributed by atoms with E-state index in [2.05, 4.69) is 54.3 Å². The number of fused-ring (bicyclic) bond motifs is 1. The number of azo groups is 1. The summed E-state index contributed by atoms with van der Waals surface area (Å²) in [5.74, 6) is -3.74. The summed E-state index contributed by atoms with van der Waals surface area (Å²) in [6, 6.07) is 9.48.